The number of ether oxygens (including phenoxy) is 1. The Bertz CT molecular complexity index is 188. The van der Waals surface area contributed by atoms with E-state index in [4.69, 9.17) is 10.5 Å². The fraction of sp³-hybridized carbons (Fsp3) is 0.909. The summed E-state index contributed by atoms with van der Waals surface area (Å²) < 4.78 is 5.15. The summed E-state index contributed by atoms with van der Waals surface area (Å²) in [5.41, 5.74) is 5.60. The summed E-state index contributed by atoms with van der Waals surface area (Å²) in [5.74, 6) is 0.462. The van der Waals surface area contributed by atoms with Crippen molar-refractivity contribution in [3.05, 3.63) is 0 Å². The van der Waals surface area contributed by atoms with Crippen molar-refractivity contribution in [2.45, 2.75) is 45.6 Å². The van der Waals surface area contributed by atoms with E-state index < -0.39 is 0 Å². The van der Waals surface area contributed by atoms with Crippen molar-refractivity contribution >= 4 is 5.97 Å². The van der Waals surface area contributed by atoms with Gasteiger partial charge >= 0.3 is 5.97 Å². The van der Waals surface area contributed by atoms with Crippen LogP contribution < -0.4 is 5.73 Å². The minimum absolute atomic E-state index is 0.119. The molecule has 0 aliphatic heterocycles. The van der Waals surface area contributed by atoms with Gasteiger partial charge in [-0.1, -0.05) is 26.2 Å². The first kappa shape index (κ1) is 11.5. The zero-order valence-electron chi connectivity index (χ0n) is 9.16. The van der Waals surface area contributed by atoms with Gasteiger partial charge < -0.3 is 10.5 Å². The minimum Gasteiger partial charge on any atom is -0.465 e. The van der Waals surface area contributed by atoms with Crippen molar-refractivity contribution in [1.29, 1.82) is 0 Å². The maximum atomic E-state index is 11.4. The highest BCUT2D eigenvalue weighted by atomic mass is 16.5. The van der Waals surface area contributed by atoms with E-state index in [0.717, 1.165) is 12.3 Å². The van der Waals surface area contributed by atoms with E-state index in [2.05, 4.69) is 0 Å². The third-order valence-corrected chi connectivity index (χ3v) is 3.16. The molecule has 0 aromatic rings. The van der Waals surface area contributed by atoms with Crippen LogP contribution in [0.5, 0.6) is 0 Å². The van der Waals surface area contributed by atoms with E-state index in [1.165, 1.54) is 19.3 Å². The number of hydrogen-bond acceptors (Lipinski definition) is 3. The standard InChI is InChI=1S/C11H21NO2/c1-8(9(2)12)11(13)14-7-6-10-4-3-5-10/h8-10H,3-7,12H2,1-2H3. The Morgan fingerprint density at radius 2 is 2.14 bits per heavy atom. The zero-order chi connectivity index (χ0) is 10.6. The Balaban J connectivity index is 2.07. The van der Waals surface area contributed by atoms with Crippen LogP contribution >= 0.6 is 0 Å². The van der Waals surface area contributed by atoms with Crippen LogP contribution in [0.1, 0.15) is 39.5 Å². The highest BCUT2D eigenvalue weighted by molar-refractivity contribution is 5.72. The molecule has 0 saturated heterocycles. The quantitative estimate of drug-likeness (QED) is 0.686. The van der Waals surface area contributed by atoms with Gasteiger partial charge in [0.05, 0.1) is 12.5 Å². The molecule has 0 aromatic heterocycles. The van der Waals surface area contributed by atoms with Gasteiger partial charge in [-0.05, 0) is 19.3 Å². The molecule has 0 heterocycles. The van der Waals surface area contributed by atoms with Gasteiger partial charge in [0.1, 0.15) is 0 Å². The molecule has 14 heavy (non-hydrogen) atoms. The average molecular weight is 199 g/mol. The van der Waals surface area contributed by atoms with E-state index in [0.29, 0.717) is 6.61 Å². The lowest BCUT2D eigenvalue weighted by atomic mass is 9.83. The lowest BCUT2D eigenvalue weighted by Gasteiger charge is -2.25. The summed E-state index contributed by atoms with van der Waals surface area (Å²) in [5, 5.41) is 0. The topological polar surface area (TPSA) is 52.3 Å². The van der Waals surface area contributed by atoms with Crippen LogP contribution in [0.25, 0.3) is 0 Å². The summed E-state index contributed by atoms with van der Waals surface area (Å²) in [6, 6.07) is -0.119. The van der Waals surface area contributed by atoms with Gasteiger partial charge in [0.2, 0.25) is 0 Å². The van der Waals surface area contributed by atoms with Gasteiger partial charge in [0.15, 0.2) is 0 Å². The maximum absolute atomic E-state index is 11.4. The van der Waals surface area contributed by atoms with Crippen LogP contribution in [-0.4, -0.2) is 18.6 Å². The first-order valence-electron chi connectivity index (χ1n) is 5.53. The molecule has 0 aromatic carbocycles. The molecule has 0 bridgehead atoms. The number of nitrogens with two attached hydrogens (primary N) is 1. The average Bonchev–Trinajstić information content (AvgIpc) is 2.07. The Morgan fingerprint density at radius 1 is 1.50 bits per heavy atom. The normalized spacial score (nSPS) is 21.1. The largest absolute Gasteiger partial charge is 0.465 e. The van der Waals surface area contributed by atoms with Crippen LogP contribution in [0.2, 0.25) is 0 Å². The first-order valence-corrected chi connectivity index (χ1v) is 5.53. The van der Waals surface area contributed by atoms with Gasteiger partial charge in [-0.15, -0.1) is 0 Å². The van der Waals surface area contributed by atoms with Crippen molar-refractivity contribution in [2.75, 3.05) is 6.61 Å². The molecular formula is C11H21NO2. The van der Waals surface area contributed by atoms with Crippen molar-refractivity contribution < 1.29 is 9.53 Å². The molecule has 2 atom stereocenters. The summed E-state index contributed by atoms with van der Waals surface area (Å²) in [4.78, 5) is 11.4. The van der Waals surface area contributed by atoms with Crippen LogP contribution in [0.3, 0.4) is 0 Å². The molecule has 2 unspecified atom stereocenters. The van der Waals surface area contributed by atoms with Crippen LogP contribution in [0.15, 0.2) is 0 Å². The highest BCUT2D eigenvalue weighted by Gasteiger charge is 2.20. The molecule has 0 radical (unpaired) electrons. The number of hydrogen-bond donors (Lipinski definition) is 1. The minimum atomic E-state index is -0.184. The molecule has 82 valence electrons. The SMILES string of the molecule is CC(N)C(C)C(=O)OCCC1CCC1. The van der Waals surface area contributed by atoms with Gasteiger partial charge in [-0.25, -0.2) is 0 Å². The summed E-state index contributed by atoms with van der Waals surface area (Å²) >= 11 is 0. The number of esters is 1. The molecule has 1 aliphatic carbocycles. The molecule has 0 spiro atoms. The van der Waals surface area contributed by atoms with Gasteiger partial charge in [0, 0.05) is 6.04 Å². The first-order chi connectivity index (χ1) is 6.61. The summed E-state index contributed by atoms with van der Waals surface area (Å²) in [7, 11) is 0. The predicted octanol–water partition coefficient (Wildman–Crippen LogP) is 1.70. The second-order valence-electron chi connectivity index (χ2n) is 4.40. The third-order valence-electron chi connectivity index (χ3n) is 3.16. The van der Waals surface area contributed by atoms with Crippen molar-refractivity contribution in [3.63, 3.8) is 0 Å². The highest BCUT2D eigenvalue weighted by Crippen LogP contribution is 2.29. The van der Waals surface area contributed by atoms with E-state index in [9.17, 15) is 4.79 Å². The molecule has 1 rings (SSSR count). The van der Waals surface area contributed by atoms with E-state index in [1.807, 2.05) is 13.8 Å². The molecular weight excluding hydrogens is 178 g/mol. The summed E-state index contributed by atoms with van der Waals surface area (Å²) in [6.45, 7) is 4.22. The molecule has 0 amide bonds. The van der Waals surface area contributed by atoms with Crippen molar-refractivity contribution in [2.24, 2.45) is 17.6 Å². The fourth-order valence-electron chi connectivity index (χ4n) is 1.45. The van der Waals surface area contributed by atoms with E-state index in [-0.39, 0.29) is 17.9 Å². The van der Waals surface area contributed by atoms with Crippen LogP contribution in [0, 0.1) is 11.8 Å². The van der Waals surface area contributed by atoms with Gasteiger partial charge in [-0.2, -0.15) is 0 Å². The Labute approximate surface area is 86.0 Å². The smallest absolute Gasteiger partial charge is 0.310 e. The van der Waals surface area contributed by atoms with Crippen LogP contribution in [0.4, 0.5) is 0 Å². The molecule has 2 N–H and O–H groups in total. The molecule has 1 saturated carbocycles. The van der Waals surface area contributed by atoms with E-state index in [1.54, 1.807) is 0 Å². The lowest BCUT2D eigenvalue weighted by molar-refractivity contribution is -0.149. The van der Waals surface area contributed by atoms with E-state index >= 15 is 0 Å². The Hall–Kier alpha value is -0.570. The second-order valence-corrected chi connectivity index (χ2v) is 4.40. The van der Waals surface area contributed by atoms with Crippen molar-refractivity contribution in [1.82, 2.24) is 0 Å². The monoisotopic (exact) mass is 199 g/mol. The second kappa shape index (κ2) is 5.35. The summed E-state index contributed by atoms with van der Waals surface area (Å²) in [6.07, 6.45) is 4.98. The molecule has 1 fully saturated rings. The fourth-order valence-corrected chi connectivity index (χ4v) is 1.45. The third kappa shape index (κ3) is 3.29. The van der Waals surface area contributed by atoms with Crippen LogP contribution in [-0.2, 0) is 9.53 Å². The number of carbonyl (C=O) groups is 1. The molecule has 1 aliphatic rings. The number of carbonyl (C=O) groups excluding carboxylic acids is 1. The number of rotatable bonds is 5. The zero-order valence-corrected chi connectivity index (χ0v) is 9.16. The molecule has 3 nitrogen and oxygen atoms in total. The van der Waals surface area contributed by atoms with Gasteiger partial charge in [-0.3, -0.25) is 4.79 Å². The Morgan fingerprint density at radius 3 is 2.57 bits per heavy atom. The maximum Gasteiger partial charge on any atom is 0.310 e. The predicted molar refractivity (Wildman–Crippen MR) is 55.7 cm³/mol. The lowest BCUT2D eigenvalue weighted by Crippen LogP contribution is -2.32. The molecule has 3 heteroatoms. The van der Waals surface area contributed by atoms with Gasteiger partial charge in [0.25, 0.3) is 0 Å². The Kier molecular flexibility index (Phi) is 4.39. The van der Waals surface area contributed by atoms with Crippen molar-refractivity contribution in [3.8, 4) is 0 Å².